The third-order valence-electron chi connectivity index (χ3n) is 3.33. The lowest BCUT2D eigenvalue weighted by atomic mass is 10.0. The largest absolute Gasteiger partial charge is 0.340 e. The summed E-state index contributed by atoms with van der Waals surface area (Å²) in [7, 11) is 0. The molecule has 0 bridgehead atoms. The summed E-state index contributed by atoms with van der Waals surface area (Å²) in [6.45, 7) is 3.57. The lowest BCUT2D eigenvalue weighted by molar-refractivity contribution is -0.122. The number of hydrogen-bond donors (Lipinski definition) is 2. The minimum absolute atomic E-state index is 0.288. The third-order valence-corrected chi connectivity index (χ3v) is 3.33. The van der Waals surface area contributed by atoms with Gasteiger partial charge in [0, 0.05) is 17.7 Å². The fraction of sp³-hybridized carbons (Fsp3) is 0.211. The van der Waals surface area contributed by atoms with E-state index in [0.717, 1.165) is 11.3 Å². The van der Waals surface area contributed by atoms with Crippen molar-refractivity contribution in [1.29, 1.82) is 0 Å². The van der Waals surface area contributed by atoms with Crippen LogP contribution in [0.15, 0.2) is 65.8 Å². The molecule has 0 saturated heterocycles. The SMILES string of the molecule is CC(C)=NNC(=O)[C@H](Cc1ccccc1)NC(=O)c1ccccc1. The Kier molecular flexibility index (Phi) is 6.25. The lowest BCUT2D eigenvalue weighted by Crippen LogP contribution is -2.46. The maximum Gasteiger partial charge on any atom is 0.262 e. The highest BCUT2D eigenvalue weighted by molar-refractivity contribution is 5.97. The highest BCUT2D eigenvalue weighted by Gasteiger charge is 2.21. The van der Waals surface area contributed by atoms with E-state index in [0.29, 0.717) is 12.0 Å². The maximum atomic E-state index is 12.4. The van der Waals surface area contributed by atoms with Crippen LogP contribution in [0.1, 0.15) is 29.8 Å². The molecule has 0 aromatic heterocycles. The van der Waals surface area contributed by atoms with Gasteiger partial charge in [-0.05, 0) is 31.5 Å². The number of carbonyl (C=O) groups is 2. The first-order valence-electron chi connectivity index (χ1n) is 7.77. The number of benzene rings is 2. The standard InChI is InChI=1S/C19H21N3O2/c1-14(2)21-22-19(24)17(13-15-9-5-3-6-10-15)20-18(23)16-11-7-4-8-12-16/h3-12,17H,13H2,1-2H3,(H,20,23)(H,22,24)/t17-/m0/s1. The van der Waals surface area contributed by atoms with E-state index in [1.807, 2.05) is 36.4 Å². The van der Waals surface area contributed by atoms with Crippen molar-refractivity contribution in [3.05, 3.63) is 71.8 Å². The summed E-state index contributed by atoms with van der Waals surface area (Å²) >= 11 is 0. The highest BCUT2D eigenvalue weighted by Crippen LogP contribution is 2.06. The van der Waals surface area contributed by atoms with Gasteiger partial charge in [0.15, 0.2) is 0 Å². The second-order valence-electron chi connectivity index (χ2n) is 5.62. The molecule has 2 aromatic rings. The highest BCUT2D eigenvalue weighted by atomic mass is 16.2. The molecule has 2 N–H and O–H groups in total. The lowest BCUT2D eigenvalue weighted by Gasteiger charge is -2.17. The van der Waals surface area contributed by atoms with Crippen LogP contribution in [0.25, 0.3) is 0 Å². The van der Waals surface area contributed by atoms with Gasteiger partial charge in [0.25, 0.3) is 11.8 Å². The minimum Gasteiger partial charge on any atom is -0.340 e. The number of rotatable bonds is 6. The van der Waals surface area contributed by atoms with Crippen LogP contribution in [0, 0.1) is 0 Å². The van der Waals surface area contributed by atoms with Gasteiger partial charge >= 0.3 is 0 Å². The molecule has 0 spiro atoms. The number of nitrogens with zero attached hydrogens (tertiary/aromatic N) is 1. The molecule has 1 atom stereocenters. The second-order valence-corrected chi connectivity index (χ2v) is 5.62. The fourth-order valence-corrected chi connectivity index (χ4v) is 2.13. The van der Waals surface area contributed by atoms with Crippen LogP contribution in [0.3, 0.4) is 0 Å². The Labute approximate surface area is 141 Å². The summed E-state index contributed by atoms with van der Waals surface area (Å²) < 4.78 is 0. The van der Waals surface area contributed by atoms with Crippen molar-refractivity contribution in [2.75, 3.05) is 0 Å². The summed E-state index contributed by atoms with van der Waals surface area (Å²) in [4.78, 5) is 24.7. The van der Waals surface area contributed by atoms with Crippen LogP contribution < -0.4 is 10.7 Å². The Morgan fingerprint density at radius 3 is 2.12 bits per heavy atom. The number of nitrogens with one attached hydrogen (secondary N) is 2. The summed E-state index contributed by atoms with van der Waals surface area (Å²) in [6.07, 6.45) is 0.392. The van der Waals surface area contributed by atoms with Gasteiger partial charge in [0.05, 0.1) is 0 Å². The van der Waals surface area contributed by atoms with Gasteiger partial charge in [0.2, 0.25) is 0 Å². The van der Waals surface area contributed by atoms with E-state index in [2.05, 4.69) is 15.8 Å². The van der Waals surface area contributed by atoms with E-state index in [1.165, 1.54) is 0 Å². The molecule has 2 aromatic carbocycles. The molecule has 5 heteroatoms. The fourth-order valence-electron chi connectivity index (χ4n) is 2.13. The molecule has 0 radical (unpaired) electrons. The normalized spacial score (nSPS) is 11.2. The van der Waals surface area contributed by atoms with Crippen molar-refractivity contribution in [2.45, 2.75) is 26.3 Å². The van der Waals surface area contributed by atoms with E-state index in [4.69, 9.17) is 0 Å². The molecule has 0 fully saturated rings. The van der Waals surface area contributed by atoms with Crippen LogP contribution in [-0.2, 0) is 11.2 Å². The van der Waals surface area contributed by atoms with Gasteiger partial charge < -0.3 is 5.32 Å². The number of hydrazone groups is 1. The van der Waals surface area contributed by atoms with E-state index < -0.39 is 6.04 Å². The van der Waals surface area contributed by atoms with Crippen LogP contribution in [0.4, 0.5) is 0 Å². The average Bonchev–Trinajstić information content (AvgIpc) is 2.60. The van der Waals surface area contributed by atoms with Crippen molar-refractivity contribution >= 4 is 17.5 Å². The van der Waals surface area contributed by atoms with Crippen molar-refractivity contribution < 1.29 is 9.59 Å². The van der Waals surface area contributed by atoms with Gasteiger partial charge in [-0.25, -0.2) is 5.43 Å². The van der Waals surface area contributed by atoms with Crippen molar-refractivity contribution in [3.8, 4) is 0 Å². The van der Waals surface area contributed by atoms with E-state index in [9.17, 15) is 9.59 Å². The molecular formula is C19H21N3O2. The second kappa shape index (κ2) is 8.62. The predicted molar refractivity (Wildman–Crippen MR) is 94.8 cm³/mol. The predicted octanol–water partition coefficient (Wildman–Crippen LogP) is 2.54. The zero-order chi connectivity index (χ0) is 17.4. The van der Waals surface area contributed by atoms with Gasteiger partial charge in [-0.15, -0.1) is 0 Å². The molecule has 0 aliphatic rings. The Hall–Kier alpha value is -2.95. The Morgan fingerprint density at radius 2 is 1.54 bits per heavy atom. The minimum atomic E-state index is -0.705. The monoisotopic (exact) mass is 323 g/mol. The van der Waals surface area contributed by atoms with E-state index >= 15 is 0 Å². The van der Waals surface area contributed by atoms with E-state index in [1.54, 1.807) is 38.1 Å². The van der Waals surface area contributed by atoms with Gasteiger partial charge in [-0.3, -0.25) is 9.59 Å². The smallest absolute Gasteiger partial charge is 0.262 e. The molecule has 0 aliphatic heterocycles. The number of amides is 2. The molecular weight excluding hydrogens is 302 g/mol. The van der Waals surface area contributed by atoms with Crippen molar-refractivity contribution in [2.24, 2.45) is 5.10 Å². The topological polar surface area (TPSA) is 70.6 Å². The zero-order valence-electron chi connectivity index (χ0n) is 13.8. The summed E-state index contributed by atoms with van der Waals surface area (Å²) in [5.41, 5.74) is 4.70. The Balaban J connectivity index is 2.14. The Morgan fingerprint density at radius 1 is 0.958 bits per heavy atom. The molecule has 0 unspecified atom stereocenters. The molecule has 5 nitrogen and oxygen atoms in total. The molecule has 24 heavy (non-hydrogen) atoms. The summed E-state index contributed by atoms with van der Waals surface area (Å²) in [6, 6.07) is 17.7. The third kappa shape index (κ3) is 5.35. The zero-order valence-corrected chi connectivity index (χ0v) is 13.8. The van der Waals surface area contributed by atoms with Crippen LogP contribution in [0.2, 0.25) is 0 Å². The van der Waals surface area contributed by atoms with Crippen LogP contribution in [-0.4, -0.2) is 23.6 Å². The molecule has 124 valence electrons. The quantitative estimate of drug-likeness (QED) is 0.633. The maximum absolute atomic E-state index is 12.4. The number of hydrogen-bond acceptors (Lipinski definition) is 3. The van der Waals surface area contributed by atoms with Crippen LogP contribution >= 0.6 is 0 Å². The first kappa shape index (κ1) is 17.4. The van der Waals surface area contributed by atoms with E-state index in [-0.39, 0.29) is 11.8 Å². The Bertz CT molecular complexity index is 708. The van der Waals surface area contributed by atoms with Gasteiger partial charge in [-0.1, -0.05) is 48.5 Å². The van der Waals surface area contributed by atoms with Gasteiger partial charge in [-0.2, -0.15) is 5.10 Å². The average molecular weight is 323 g/mol. The molecule has 2 amide bonds. The van der Waals surface area contributed by atoms with Crippen molar-refractivity contribution in [1.82, 2.24) is 10.7 Å². The first-order chi connectivity index (χ1) is 11.6. The molecule has 2 rings (SSSR count). The first-order valence-corrected chi connectivity index (χ1v) is 7.77. The summed E-state index contributed by atoms with van der Waals surface area (Å²) in [5, 5.41) is 6.72. The summed E-state index contributed by atoms with van der Waals surface area (Å²) in [5.74, 6) is -0.631. The van der Waals surface area contributed by atoms with Crippen molar-refractivity contribution in [3.63, 3.8) is 0 Å². The van der Waals surface area contributed by atoms with Gasteiger partial charge in [0.1, 0.15) is 6.04 Å². The van der Waals surface area contributed by atoms with Crippen LogP contribution in [0.5, 0.6) is 0 Å². The molecule has 0 saturated carbocycles. The number of carbonyl (C=O) groups excluding carboxylic acids is 2. The molecule has 0 aliphatic carbocycles. The molecule has 0 heterocycles.